The molecular weight excluding hydrogens is 228 g/mol. The van der Waals surface area contributed by atoms with Crippen molar-refractivity contribution >= 4 is 11.8 Å². The largest absolute Gasteiger partial charge is 0.461 e. The second-order valence-electron chi connectivity index (χ2n) is 6.45. The fourth-order valence-corrected chi connectivity index (χ4v) is 4.21. The average molecular weight is 248 g/mol. The van der Waals surface area contributed by atoms with Gasteiger partial charge in [0.15, 0.2) is 5.78 Å². The van der Waals surface area contributed by atoms with Crippen LogP contribution in [0.15, 0.2) is 12.2 Å². The van der Waals surface area contributed by atoms with Crippen LogP contribution in [0.5, 0.6) is 0 Å². The van der Waals surface area contributed by atoms with Crippen molar-refractivity contribution in [3.63, 3.8) is 0 Å². The molecule has 3 aliphatic rings. The average Bonchev–Trinajstić information content (AvgIpc) is 2.60. The molecule has 0 unspecified atom stereocenters. The number of esters is 1. The van der Waals surface area contributed by atoms with Gasteiger partial charge in [-0.1, -0.05) is 26.8 Å². The van der Waals surface area contributed by atoms with Gasteiger partial charge in [0, 0.05) is 17.8 Å². The van der Waals surface area contributed by atoms with E-state index < -0.39 is 0 Å². The molecule has 0 aromatic heterocycles. The number of hydrogen-bond donors (Lipinski definition) is 0. The van der Waals surface area contributed by atoms with E-state index in [0.717, 1.165) is 12.8 Å². The van der Waals surface area contributed by atoms with E-state index in [9.17, 15) is 9.59 Å². The van der Waals surface area contributed by atoms with Crippen LogP contribution in [0.3, 0.4) is 0 Å². The molecule has 0 radical (unpaired) electrons. The van der Waals surface area contributed by atoms with E-state index in [1.54, 1.807) is 6.08 Å². The fourth-order valence-electron chi connectivity index (χ4n) is 4.21. The molecule has 3 rings (SSSR count). The topological polar surface area (TPSA) is 43.4 Å². The lowest BCUT2D eigenvalue weighted by molar-refractivity contribution is -0.151. The van der Waals surface area contributed by atoms with E-state index in [4.69, 9.17) is 4.74 Å². The molecular formula is C15H20O3. The Morgan fingerprint density at radius 1 is 1.28 bits per heavy atom. The number of carbonyl (C=O) groups excluding carboxylic acids is 2. The van der Waals surface area contributed by atoms with Crippen LogP contribution in [0.1, 0.15) is 33.6 Å². The van der Waals surface area contributed by atoms with E-state index in [1.807, 2.05) is 19.9 Å². The Labute approximate surface area is 108 Å². The molecule has 1 saturated carbocycles. The van der Waals surface area contributed by atoms with Gasteiger partial charge in [-0.05, 0) is 24.3 Å². The van der Waals surface area contributed by atoms with E-state index in [-0.39, 0.29) is 41.0 Å². The molecule has 1 heterocycles. The van der Waals surface area contributed by atoms with Gasteiger partial charge in [0.1, 0.15) is 6.10 Å². The third kappa shape index (κ3) is 1.42. The summed E-state index contributed by atoms with van der Waals surface area (Å²) in [7, 11) is 0. The highest BCUT2D eigenvalue weighted by molar-refractivity contribution is 5.93. The van der Waals surface area contributed by atoms with Crippen LogP contribution in [-0.2, 0) is 14.3 Å². The number of hydrogen-bond acceptors (Lipinski definition) is 3. The molecule has 0 amide bonds. The van der Waals surface area contributed by atoms with Crippen molar-refractivity contribution in [1.29, 1.82) is 0 Å². The molecule has 2 fully saturated rings. The summed E-state index contributed by atoms with van der Waals surface area (Å²) in [4.78, 5) is 23.7. The Balaban J connectivity index is 2.00. The molecule has 0 aromatic rings. The molecule has 98 valence electrons. The normalized spacial score (nSPS) is 50.7. The van der Waals surface area contributed by atoms with Crippen molar-refractivity contribution in [1.82, 2.24) is 0 Å². The summed E-state index contributed by atoms with van der Waals surface area (Å²) in [5.41, 5.74) is 0.0127. The third-order valence-electron chi connectivity index (χ3n) is 5.44. The number of carbonyl (C=O) groups is 2. The standard InChI is InChI=1S/C15H20O3/c1-8-10-4-6-15(3)7-5-11(16)9(2)12(15)13(10)18-14(8)17/h5,7-10,12-13H,4,6H2,1-3H3/t8-,9-,10-,12+,13+,15+/m0/s1. The van der Waals surface area contributed by atoms with Crippen LogP contribution in [-0.4, -0.2) is 17.9 Å². The number of rotatable bonds is 0. The molecule has 3 heteroatoms. The SMILES string of the molecule is C[C@@H]1C(=O)O[C@@H]2[C@H]1CC[C@]1(C)C=CC(=O)[C@H](C)[C@H]21. The first-order chi connectivity index (χ1) is 8.44. The summed E-state index contributed by atoms with van der Waals surface area (Å²) >= 11 is 0. The van der Waals surface area contributed by atoms with Gasteiger partial charge in [0.25, 0.3) is 0 Å². The highest BCUT2D eigenvalue weighted by Crippen LogP contribution is 2.54. The maximum Gasteiger partial charge on any atom is 0.309 e. The van der Waals surface area contributed by atoms with E-state index >= 15 is 0 Å². The second-order valence-corrected chi connectivity index (χ2v) is 6.45. The van der Waals surface area contributed by atoms with Crippen molar-refractivity contribution in [2.45, 2.75) is 39.7 Å². The van der Waals surface area contributed by atoms with Gasteiger partial charge in [-0.2, -0.15) is 0 Å². The van der Waals surface area contributed by atoms with Crippen LogP contribution in [0, 0.1) is 29.1 Å². The number of ether oxygens (including phenoxy) is 1. The maximum atomic E-state index is 11.9. The number of allylic oxidation sites excluding steroid dienone is 2. The smallest absolute Gasteiger partial charge is 0.309 e. The maximum absolute atomic E-state index is 11.9. The molecule has 0 N–H and O–H groups in total. The van der Waals surface area contributed by atoms with Crippen LogP contribution in [0.4, 0.5) is 0 Å². The lowest BCUT2D eigenvalue weighted by Crippen LogP contribution is -2.50. The molecule has 0 bridgehead atoms. The van der Waals surface area contributed by atoms with Crippen LogP contribution >= 0.6 is 0 Å². The zero-order chi connectivity index (χ0) is 13.1. The zero-order valence-corrected chi connectivity index (χ0v) is 11.2. The minimum Gasteiger partial charge on any atom is -0.461 e. The van der Waals surface area contributed by atoms with E-state index in [1.165, 1.54) is 0 Å². The van der Waals surface area contributed by atoms with Gasteiger partial charge < -0.3 is 4.74 Å². The molecule has 1 saturated heterocycles. The molecule has 18 heavy (non-hydrogen) atoms. The summed E-state index contributed by atoms with van der Waals surface area (Å²) in [6.07, 6.45) is 5.79. The Hall–Kier alpha value is -1.12. The Kier molecular flexibility index (Phi) is 2.45. The second kappa shape index (κ2) is 3.69. The van der Waals surface area contributed by atoms with Gasteiger partial charge >= 0.3 is 5.97 Å². The van der Waals surface area contributed by atoms with Gasteiger partial charge in [0.05, 0.1) is 5.92 Å². The molecule has 6 atom stereocenters. The molecule has 1 aliphatic heterocycles. The fraction of sp³-hybridized carbons (Fsp3) is 0.733. The summed E-state index contributed by atoms with van der Waals surface area (Å²) in [6, 6.07) is 0. The summed E-state index contributed by atoms with van der Waals surface area (Å²) in [6.45, 7) is 6.14. The minimum atomic E-state index is -0.0801. The first-order valence-corrected chi connectivity index (χ1v) is 6.87. The van der Waals surface area contributed by atoms with Crippen molar-refractivity contribution in [3.05, 3.63) is 12.2 Å². The molecule has 2 aliphatic carbocycles. The van der Waals surface area contributed by atoms with Crippen molar-refractivity contribution in [3.8, 4) is 0 Å². The lowest BCUT2D eigenvalue weighted by atomic mass is 9.55. The van der Waals surface area contributed by atoms with E-state index in [0.29, 0.717) is 5.92 Å². The lowest BCUT2D eigenvalue weighted by Gasteiger charge is -2.49. The zero-order valence-electron chi connectivity index (χ0n) is 11.2. The summed E-state index contributed by atoms with van der Waals surface area (Å²) < 4.78 is 5.61. The van der Waals surface area contributed by atoms with Crippen molar-refractivity contribution in [2.75, 3.05) is 0 Å². The highest BCUT2D eigenvalue weighted by atomic mass is 16.6. The Bertz CT molecular complexity index is 439. The first-order valence-electron chi connectivity index (χ1n) is 6.87. The van der Waals surface area contributed by atoms with Gasteiger partial charge in [-0.25, -0.2) is 0 Å². The van der Waals surface area contributed by atoms with Crippen LogP contribution in [0.25, 0.3) is 0 Å². The minimum absolute atomic E-state index is 0.00671. The van der Waals surface area contributed by atoms with Crippen LogP contribution in [0.2, 0.25) is 0 Å². The quantitative estimate of drug-likeness (QED) is 0.618. The highest BCUT2D eigenvalue weighted by Gasteiger charge is 2.57. The molecule has 0 aromatic carbocycles. The van der Waals surface area contributed by atoms with Gasteiger partial charge in [-0.15, -0.1) is 0 Å². The first kappa shape index (κ1) is 11.9. The van der Waals surface area contributed by atoms with Crippen molar-refractivity contribution < 1.29 is 14.3 Å². The van der Waals surface area contributed by atoms with Crippen LogP contribution < -0.4 is 0 Å². The third-order valence-corrected chi connectivity index (χ3v) is 5.44. The summed E-state index contributed by atoms with van der Waals surface area (Å²) in [5.74, 6) is 0.510. The Morgan fingerprint density at radius 2 is 2.00 bits per heavy atom. The van der Waals surface area contributed by atoms with Gasteiger partial charge in [0.2, 0.25) is 0 Å². The Morgan fingerprint density at radius 3 is 2.72 bits per heavy atom. The predicted octanol–water partition coefficient (Wildman–Crippen LogP) is 2.36. The van der Waals surface area contributed by atoms with E-state index in [2.05, 4.69) is 6.92 Å². The molecule has 3 nitrogen and oxygen atoms in total. The molecule has 0 spiro atoms. The van der Waals surface area contributed by atoms with Gasteiger partial charge in [-0.3, -0.25) is 9.59 Å². The predicted molar refractivity (Wildman–Crippen MR) is 66.7 cm³/mol. The number of fused-ring (bicyclic) bond motifs is 3. The monoisotopic (exact) mass is 248 g/mol. The van der Waals surface area contributed by atoms with Crippen molar-refractivity contribution in [2.24, 2.45) is 29.1 Å². The number of ketones is 1. The summed E-state index contributed by atoms with van der Waals surface area (Å²) in [5, 5.41) is 0.